The molecule has 0 bridgehead atoms. The minimum atomic E-state index is 0.898. The molecule has 1 saturated carbocycles. The highest BCUT2D eigenvalue weighted by Crippen LogP contribution is 2.30. The third-order valence-corrected chi connectivity index (χ3v) is 5.26. The summed E-state index contributed by atoms with van der Waals surface area (Å²) in [4.78, 5) is 5.61. The van der Waals surface area contributed by atoms with E-state index in [0.29, 0.717) is 0 Å². The molecule has 98 valence electrons. The zero-order valence-corrected chi connectivity index (χ0v) is 11.4. The Labute approximate surface area is 106 Å². The molecule has 0 amide bonds. The molecular formula is C15H28N2. The largest absolute Gasteiger partial charge is 0.299 e. The van der Waals surface area contributed by atoms with Crippen LogP contribution < -0.4 is 0 Å². The molecule has 0 aromatic carbocycles. The first kappa shape index (κ1) is 12.0. The highest BCUT2D eigenvalue weighted by Gasteiger charge is 2.32. The number of rotatable bonds is 1. The van der Waals surface area contributed by atoms with Gasteiger partial charge in [0.2, 0.25) is 0 Å². The molecule has 3 aliphatic rings. The summed E-state index contributed by atoms with van der Waals surface area (Å²) >= 11 is 0. The summed E-state index contributed by atoms with van der Waals surface area (Å²) in [5.74, 6) is 0.969. The normalized spacial score (nSPS) is 41.1. The van der Waals surface area contributed by atoms with Gasteiger partial charge >= 0.3 is 0 Å². The van der Waals surface area contributed by atoms with Crippen LogP contribution in [0.3, 0.4) is 0 Å². The van der Waals surface area contributed by atoms with E-state index in [1.807, 2.05) is 0 Å². The number of hydrogen-bond acceptors (Lipinski definition) is 2. The van der Waals surface area contributed by atoms with E-state index in [-0.39, 0.29) is 0 Å². The first-order valence-corrected chi connectivity index (χ1v) is 7.81. The van der Waals surface area contributed by atoms with E-state index < -0.39 is 0 Å². The zero-order valence-electron chi connectivity index (χ0n) is 11.4. The van der Waals surface area contributed by atoms with Crippen molar-refractivity contribution >= 4 is 0 Å². The minimum Gasteiger partial charge on any atom is -0.299 e. The molecule has 2 nitrogen and oxygen atoms in total. The zero-order chi connectivity index (χ0) is 11.7. The summed E-state index contributed by atoms with van der Waals surface area (Å²) < 4.78 is 0. The van der Waals surface area contributed by atoms with Crippen LogP contribution in [0.2, 0.25) is 0 Å². The van der Waals surface area contributed by atoms with E-state index in [4.69, 9.17) is 0 Å². The lowest BCUT2D eigenvalue weighted by Crippen LogP contribution is -2.43. The van der Waals surface area contributed by atoms with Gasteiger partial charge in [-0.15, -0.1) is 0 Å². The minimum absolute atomic E-state index is 0.898. The molecule has 0 spiro atoms. The SMILES string of the molecule is CC1CCCC(N2CCCN3CCCC3C2)C1. The van der Waals surface area contributed by atoms with Crippen molar-refractivity contribution in [1.29, 1.82) is 0 Å². The fraction of sp³-hybridized carbons (Fsp3) is 1.00. The van der Waals surface area contributed by atoms with Crippen LogP contribution in [0.5, 0.6) is 0 Å². The highest BCUT2D eigenvalue weighted by molar-refractivity contribution is 4.88. The van der Waals surface area contributed by atoms with Gasteiger partial charge in [0.05, 0.1) is 0 Å². The molecular weight excluding hydrogens is 208 g/mol. The topological polar surface area (TPSA) is 6.48 Å². The van der Waals surface area contributed by atoms with Crippen molar-refractivity contribution in [2.24, 2.45) is 5.92 Å². The molecule has 0 aromatic heterocycles. The van der Waals surface area contributed by atoms with Crippen LogP contribution in [-0.4, -0.2) is 48.1 Å². The van der Waals surface area contributed by atoms with Crippen molar-refractivity contribution in [2.45, 2.75) is 64.0 Å². The van der Waals surface area contributed by atoms with Gasteiger partial charge in [-0.25, -0.2) is 0 Å². The van der Waals surface area contributed by atoms with Crippen LogP contribution in [0, 0.1) is 5.92 Å². The van der Waals surface area contributed by atoms with Crippen LogP contribution in [0.1, 0.15) is 51.9 Å². The molecule has 2 heteroatoms. The summed E-state index contributed by atoms with van der Waals surface area (Å²) in [5, 5.41) is 0. The van der Waals surface area contributed by atoms with Crippen molar-refractivity contribution in [3.05, 3.63) is 0 Å². The maximum atomic E-state index is 2.85. The summed E-state index contributed by atoms with van der Waals surface area (Å²) in [6, 6.07) is 1.81. The van der Waals surface area contributed by atoms with E-state index in [0.717, 1.165) is 18.0 Å². The number of nitrogens with zero attached hydrogens (tertiary/aromatic N) is 2. The summed E-state index contributed by atoms with van der Waals surface area (Å²) in [5.41, 5.74) is 0. The van der Waals surface area contributed by atoms with Crippen LogP contribution >= 0.6 is 0 Å². The Balaban J connectivity index is 1.62. The first-order chi connectivity index (χ1) is 8.33. The van der Waals surface area contributed by atoms with Crippen molar-refractivity contribution in [3.8, 4) is 0 Å². The van der Waals surface area contributed by atoms with E-state index >= 15 is 0 Å². The molecule has 3 unspecified atom stereocenters. The molecule has 3 atom stereocenters. The smallest absolute Gasteiger partial charge is 0.0223 e. The Morgan fingerprint density at radius 2 is 1.53 bits per heavy atom. The lowest BCUT2D eigenvalue weighted by molar-refractivity contribution is 0.123. The van der Waals surface area contributed by atoms with Crippen LogP contribution in [-0.2, 0) is 0 Å². The molecule has 1 aliphatic carbocycles. The molecule has 2 heterocycles. The summed E-state index contributed by atoms with van der Waals surface area (Å²) in [6.45, 7) is 7.93. The molecule has 2 saturated heterocycles. The summed E-state index contributed by atoms with van der Waals surface area (Å²) in [6.07, 6.45) is 10.2. The van der Waals surface area contributed by atoms with E-state index in [1.54, 1.807) is 0 Å². The lowest BCUT2D eigenvalue weighted by Gasteiger charge is -2.37. The Kier molecular flexibility index (Phi) is 3.72. The van der Waals surface area contributed by atoms with Gasteiger partial charge in [-0.2, -0.15) is 0 Å². The molecule has 0 N–H and O–H groups in total. The third kappa shape index (κ3) is 2.68. The Morgan fingerprint density at radius 3 is 2.41 bits per heavy atom. The van der Waals surface area contributed by atoms with Crippen molar-refractivity contribution in [1.82, 2.24) is 9.80 Å². The quantitative estimate of drug-likeness (QED) is 0.691. The maximum absolute atomic E-state index is 2.85. The fourth-order valence-corrected chi connectivity index (χ4v) is 4.30. The van der Waals surface area contributed by atoms with Gasteiger partial charge in [0.1, 0.15) is 0 Å². The second-order valence-electron chi connectivity index (χ2n) is 6.61. The lowest BCUT2D eigenvalue weighted by atomic mass is 9.86. The molecule has 0 aromatic rings. The van der Waals surface area contributed by atoms with Gasteiger partial charge in [0.25, 0.3) is 0 Å². The predicted octanol–water partition coefficient (Wildman–Crippen LogP) is 2.74. The number of fused-ring (bicyclic) bond motifs is 1. The van der Waals surface area contributed by atoms with E-state index in [1.165, 1.54) is 71.1 Å². The molecule has 3 rings (SSSR count). The van der Waals surface area contributed by atoms with Gasteiger partial charge in [-0.3, -0.25) is 9.80 Å². The predicted molar refractivity (Wildman–Crippen MR) is 72.2 cm³/mol. The highest BCUT2D eigenvalue weighted by atomic mass is 15.3. The Morgan fingerprint density at radius 1 is 0.765 bits per heavy atom. The molecule has 0 radical (unpaired) electrons. The Hall–Kier alpha value is -0.0800. The second-order valence-corrected chi connectivity index (χ2v) is 6.61. The van der Waals surface area contributed by atoms with Gasteiger partial charge in [-0.05, 0) is 57.7 Å². The summed E-state index contributed by atoms with van der Waals surface area (Å²) in [7, 11) is 0. The number of hydrogen-bond donors (Lipinski definition) is 0. The van der Waals surface area contributed by atoms with E-state index in [9.17, 15) is 0 Å². The van der Waals surface area contributed by atoms with Gasteiger partial charge < -0.3 is 0 Å². The van der Waals surface area contributed by atoms with Crippen LogP contribution in [0.25, 0.3) is 0 Å². The van der Waals surface area contributed by atoms with E-state index in [2.05, 4.69) is 16.7 Å². The fourth-order valence-electron chi connectivity index (χ4n) is 4.30. The standard InChI is InChI=1S/C15H28N2/c1-13-5-2-6-14(11-13)17-10-4-9-16-8-3-7-15(16)12-17/h13-15H,2-12H2,1H3. The van der Waals surface area contributed by atoms with Crippen molar-refractivity contribution < 1.29 is 0 Å². The molecule has 17 heavy (non-hydrogen) atoms. The van der Waals surface area contributed by atoms with Crippen molar-refractivity contribution in [3.63, 3.8) is 0 Å². The van der Waals surface area contributed by atoms with Crippen LogP contribution in [0.4, 0.5) is 0 Å². The van der Waals surface area contributed by atoms with Crippen LogP contribution in [0.15, 0.2) is 0 Å². The van der Waals surface area contributed by atoms with Gasteiger partial charge in [0.15, 0.2) is 0 Å². The maximum Gasteiger partial charge on any atom is 0.0223 e. The average molecular weight is 236 g/mol. The third-order valence-electron chi connectivity index (χ3n) is 5.26. The Bertz CT molecular complexity index is 253. The molecule has 3 fully saturated rings. The monoisotopic (exact) mass is 236 g/mol. The van der Waals surface area contributed by atoms with Gasteiger partial charge in [-0.1, -0.05) is 19.8 Å². The van der Waals surface area contributed by atoms with Gasteiger partial charge in [0, 0.05) is 18.6 Å². The second kappa shape index (κ2) is 5.27. The van der Waals surface area contributed by atoms with Crippen molar-refractivity contribution in [2.75, 3.05) is 26.2 Å². The first-order valence-electron chi connectivity index (χ1n) is 7.81. The molecule has 2 aliphatic heterocycles. The average Bonchev–Trinajstić information content (AvgIpc) is 2.66.